The molecule has 15 heteroatoms. The maximum atomic E-state index is 14.6. The third-order valence-electron chi connectivity index (χ3n) is 10.9. The van der Waals surface area contributed by atoms with Crippen molar-refractivity contribution in [2.24, 2.45) is 10.8 Å². The lowest BCUT2D eigenvalue weighted by Crippen LogP contribution is -2.57. The molecule has 2 aliphatic heterocycles. The summed E-state index contributed by atoms with van der Waals surface area (Å²) in [4.78, 5) is 38.8. The number of rotatable bonds is 4. The Morgan fingerprint density at radius 1 is 1.02 bits per heavy atom. The van der Waals surface area contributed by atoms with Gasteiger partial charge in [-0.3, -0.25) is 4.79 Å². The Bertz CT molecular complexity index is 2060. The van der Waals surface area contributed by atoms with Gasteiger partial charge in [-0.05, 0) is 107 Å². The summed E-state index contributed by atoms with van der Waals surface area (Å²) in [5.74, 6) is -1.01. The summed E-state index contributed by atoms with van der Waals surface area (Å²) in [5.41, 5.74) is 0.436. The van der Waals surface area contributed by atoms with Crippen LogP contribution >= 0.6 is 0 Å². The molecule has 2 saturated carbocycles. The highest BCUT2D eigenvalue weighted by molar-refractivity contribution is 7.92. The van der Waals surface area contributed by atoms with Gasteiger partial charge in [-0.15, -0.1) is 0 Å². The van der Waals surface area contributed by atoms with E-state index in [0.717, 1.165) is 22.8 Å². The Hall–Kier alpha value is -4.66. The standard InChI is InChI=1S/C38H42F3N5O6S/c1-23(2)52-35(48)45-15-13-36(14-16-45)19-27(20-36)46-28(21-37(11-12-37)38(39,40)41)22-51-31-18-30(32-24(3)7-5-8-25(32)4)42-34(43-31)44-53(49,50)29-10-6-9-26(17-29)33(46)47/h5-10,17-18,21,23,27H,11-16,19-20,22H2,1-4H3,(H,42,43,44)/b28-21+. The fraction of sp³-hybridized carbons (Fsp3) is 0.474. The van der Waals surface area contributed by atoms with Gasteiger partial charge in [0.25, 0.3) is 15.9 Å². The third-order valence-corrected chi connectivity index (χ3v) is 12.2. The first-order chi connectivity index (χ1) is 25.0. The van der Waals surface area contributed by atoms with E-state index in [1.54, 1.807) is 18.7 Å². The van der Waals surface area contributed by atoms with Crippen LogP contribution in [0.4, 0.5) is 23.9 Å². The van der Waals surface area contributed by atoms with Crippen molar-refractivity contribution in [3.8, 4) is 17.1 Å². The second kappa shape index (κ2) is 13.3. The van der Waals surface area contributed by atoms with Crippen LogP contribution in [0.25, 0.3) is 11.3 Å². The number of fused-ring (bicyclic) bond motifs is 4. The number of nitrogens with one attached hydrogen (secondary N) is 1. The summed E-state index contributed by atoms with van der Waals surface area (Å²) < 4.78 is 85.1. The second-order valence-corrected chi connectivity index (χ2v) is 16.7. The van der Waals surface area contributed by atoms with E-state index in [-0.39, 0.29) is 58.4 Å². The van der Waals surface area contributed by atoms with E-state index in [0.29, 0.717) is 44.5 Å². The van der Waals surface area contributed by atoms with Gasteiger partial charge in [-0.1, -0.05) is 24.3 Å². The number of hydrogen-bond donors (Lipinski definition) is 1. The number of hydrogen-bond acceptors (Lipinski definition) is 8. The van der Waals surface area contributed by atoms with Crippen LogP contribution in [0.5, 0.6) is 5.88 Å². The van der Waals surface area contributed by atoms with E-state index in [2.05, 4.69) is 14.7 Å². The molecule has 4 aliphatic rings. The molecule has 282 valence electrons. The highest BCUT2D eigenvalue weighted by atomic mass is 32.2. The highest BCUT2D eigenvalue weighted by Gasteiger charge is 2.62. The number of allylic oxidation sites excluding steroid dienone is 1. The number of sulfonamides is 1. The number of ether oxygens (including phenoxy) is 2. The molecule has 11 nitrogen and oxygen atoms in total. The van der Waals surface area contributed by atoms with Gasteiger partial charge in [0.15, 0.2) is 0 Å². The molecule has 1 saturated heterocycles. The lowest BCUT2D eigenvalue weighted by atomic mass is 9.60. The van der Waals surface area contributed by atoms with Gasteiger partial charge < -0.3 is 19.3 Å². The summed E-state index contributed by atoms with van der Waals surface area (Å²) in [5, 5.41) is 0. The van der Waals surface area contributed by atoms with Crippen LogP contribution in [0, 0.1) is 24.7 Å². The number of anilines is 1. The summed E-state index contributed by atoms with van der Waals surface area (Å²) in [7, 11) is -4.33. The average molecular weight is 754 g/mol. The van der Waals surface area contributed by atoms with E-state index in [1.165, 1.54) is 35.2 Å². The number of piperidine rings is 1. The fourth-order valence-electron chi connectivity index (χ4n) is 7.80. The van der Waals surface area contributed by atoms with Crippen LogP contribution in [0.3, 0.4) is 0 Å². The molecule has 3 fully saturated rings. The predicted molar refractivity (Wildman–Crippen MR) is 190 cm³/mol. The Balaban J connectivity index is 1.30. The van der Waals surface area contributed by atoms with Crippen molar-refractivity contribution < 1.29 is 40.7 Å². The first-order valence-corrected chi connectivity index (χ1v) is 19.3. The van der Waals surface area contributed by atoms with E-state index in [9.17, 15) is 31.2 Å². The van der Waals surface area contributed by atoms with Crippen molar-refractivity contribution >= 4 is 28.0 Å². The number of aromatic nitrogens is 2. The number of amides is 2. The van der Waals surface area contributed by atoms with E-state index in [4.69, 9.17) is 9.47 Å². The van der Waals surface area contributed by atoms with Crippen LogP contribution in [0.1, 0.15) is 73.9 Å². The summed E-state index contributed by atoms with van der Waals surface area (Å²) in [6.45, 7) is 7.80. The van der Waals surface area contributed by atoms with Crippen LogP contribution in [-0.2, 0) is 14.8 Å². The van der Waals surface area contributed by atoms with Gasteiger partial charge >= 0.3 is 12.3 Å². The van der Waals surface area contributed by atoms with Crippen LogP contribution in [0.15, 0.2) is 65.2 Å². The number of carbonyl (C=O) groups is 2. The zero-order valence-electron chi connectivity index (χ0n) is 30.0. The minimum absolute atomic E-state index is 0.00840. The molecular formula is C38H42F3N5O6S. The van der Waals surface area contributed by atoms with Crippen molar-refractivity contribution in [2.75, 3.05) is 24.4 Å². The number of alkyl halides is 3. The van der Waals surface area contributed by atoms with Crippen molar-refractivity contribution in [1.29, 1.82) is 0 Å². The molecule has 0 radical (unpaired) electrons. The van der Waals surface area contributed by atoms with Gasteiger partial charge in [-0.25, -0.2) is 22.9 Å². The number of halogens is 3. The molecule has 2 aliphatic carbocycles. The second-order valence-electron chi connectivity index (χ2n) is 15.1. The SMILES string of the molecule is Cc1cccc(C)c1-c1cc2nc(n1)NS(=O)(=O)c1cccc(c1)C(=O)N(C1CC3(CCN(C(=O)OC(C)C)CC3)C1)/C(=C/C1(C(F)(F)F)CC1)CO2. The highest BCUT2D eigenvalue weighted by Crippen LogP contribution is 2.60. The van der Waals surface area contributed by atoms with Gasteiger partial charge in [0.05, 0.1) is 27.8 Å². The third kappa shape index (κ3) is 7.19. The number of aryl methyl sites for hydroxylation is 2. The lowest BCUT2D eigenvalue weighted by molar-refractivity contribution is -0.172. The summed E-state index contributed by atoms with van der Waals surface area (Å²) in [6, 6.07) is 12.1. The van der Waals surface area contributed by atoms with Crippen molar-refractivity contribution in [1.82, 2.24) is 19.8 Å². The zero-order chi connectivity index (χ0) is 37.9. The normalized spacial score (nSPS) is 21.5. The Labute approximate surface area is 306 Å². The van der Waals surface area contributed by atoms with Crippen molar-refractivity contribution in [3.63, 3.8) is 0 Å². The maximum absolute atomic E-state index is 14.6. The molecule has 3 heterocycles. The molecule has 2 amide bonds. The number of nitrogens with zero attached hydrogens (tertiary/aromatic N) is 4. The Kier molecular flexibility index (Phi) is 9.22. The van der Waals surface area contributed by atoms with Gasteiger partial charge in [0, 0.05) is 36.3 Å². The number of benzene rings is 2. The molecule has 2 aromatic carbocycles. The van der Waals surface area contributed by atoms with Gasteiger partial charge in [0.1, 0.15) is 6.61 Å². The van der Waals surface area contributed by atoms with Gasteiger partial charge in [-0.2, -0.15) is 18.2 Å². The first-order valence-electron chi connectivity index (χ1n) is 17.8. The molecule has 0 atom stereocenters. The van der Waals surface area contributed by atoms with Crippen LogP contribution in [-0.4, -0.2) is 78.2 Å². The van der Waals surface area contributed by atoms with Gasteiger partial charge in [0.2, 0.25) is 11.8 Å². The smallest absolute Gasteiger partial charge is 0.410 e. The van der Waals surface area contributed by atoms with E-state index < -0.39 is 40.2 Å². The van der Waals surface area contributed by atoms with Crippen LogP contribution in [0.2, 0.25) is 0 Å². The molecule has 3 aromatic rings. The first kappa shape index (κ1) is 36.7. The largest absolute Gasteiger partial charge is 0.471 e. The zero-order valence-corrected chi connectivity index (χ0v) is 30.8. The molecule has 7 rings (SSSR count). The van der Waals surface area contributed by atoms with Crippen molar-refractivity contribution in [3.05, 3.63) is 77.0 Å². The van der Waals surface area contributed by atoms with Crippen molar-refractivity contribution in [2.45, 2.75) is 89.4 Å². The molecule has 53 heavy (non-hydrogen) atoms. The monoisotopic (exact) mass is 753 g/mol. The molecule has 1 spiro atoms. The minimum Gasteiger partial charge on any atom is -0.471 e. The Morgan fingerprint density at radius 2 is 1.68 bits per heavy atom. The van der Waals surface area contributed by atoms with Crippen LogP contribution < -0.4 is 9.46 Å². The lowest BCUT2D eigenvalue weighted by Gasteiger charge is -2.55. The summed E-state index contributed by atoms with van der Waals surface area (Å²) in [6.07, 6.45) is -2.11. The van der Waals surface area contributed by atoms with E-state index >= 15 is 0 Å². The molecular weight excluding hydrogens is 712 g/mol. The quantitative estimate of drug-likeness (QED) is 0.292. The molecule has 0 unspecified atom stereocenters. The predicted octanol–water partition coefficient (Wildman–Crippen LogP) is 7.41. The number of carbonyl (C=O) groups excluding carboxylic acids is 2. The van der Waals surface area contributed by atoms with E-state index in [1.807, 2.05) is 32.0 Å². The molecule has 1 N–H and O–H groups in total. The maximum Gasteiger partial charge on any atom is 0.410 e. The number of likely N-dealkylation sites (tertiary alicyclic amines) is 1. The molecule has 1 aromatic heterocycles. The summed E-state index contributed by atoms with van der Waals surface area (Å²) >= 11 is 0. The average Bonchev–Trinajstić information content (AvgIpc) is 3.87. The molecule has 4 bridgehead atoms. The topological polar surface area (TPSA) is 131 Å². The Morgan fingerprint density at radius 3 is 2.30 bits per heavy atom. The minimum atomic E-state index is -4.57. The fourth-order valence-corrected chi connectivity index (χ4v) is 8.79.